The van der Waals surface area contributed by atoms with E-state index < -0.39 is 17.2 Å². The van der Waals surface area contributed by atoms with Crippen molar-refractivity contribution in [2.45, 2.75) is 32.1 Å². The average molecular weight is 325 g/mol. The molecule has 3 atom stereocenters. The number of aliphatic imine (C=N–C) groups is 2. The lowest BCUT2D eigenvalue weighted by molar-refractivity contribution is -0.152. The minimum Gasteiger partial charge on any atom is -0.467 e. The van der Waals surface area contributed by atoms with Gasteiger partial charge in [-0.15, -0.1) is 0 Å². The molecule has 0 spiro atoms. The van der Waals surface area contributed by atoms with Crippen molar-refractivity contribution in [1.82, 2.24) is 0 Å². The summed E-state index contributed by atoms with van der Waals surface area (Å²) in [7, 11) is 3.02. The van der Waals surface area contributed by atoms with E-state index in [0.717, 1.165) is 0 Å². The van der Waals surface area contributed by atoms with E-state index in [-0.39, 0.29) is 6.02 Å². The molecule has 1 aromatic carbocycles. The number of hydrogen-bond donors (Lipinski definition) is 1. The molecular weight excluding hydrogens is 304 g/mol. The number of halogens is 1. The van der Waals surface area contributed by atoms with Crippen molar-refractivity contribution in [3.63, 3.8) is 0 Å². The van der Waals surface area contributed by atoms with Gasteiger partial charge in [0.2, 0.25) is 5.72 Å². The largest absolute Gasteiger partial charge is 0.467 e. The molecule has 0 amide bonds. The van der Waals surface area contributed by atoms with Gasteiger partial charge in [-0.05, 0) is 31.0 Å². The highest BCUT2D eigenvalue weighted by atomic mass is 35.5. The monoisotopic (exact) mass is 324 g/mol. The Kier molecular flexibility index (Phi) is 4.90. The Morgan fingerprint density at radius 1 is 1.27 bits per heavy atom. The number of nitrogens with zero attached hydrogens (tertiary/aromatic N) is 2. The first kappa shape index (κ1) is 16.9. The van der Waals surface area contributed by atoms with E-state index in [1.807, 2.05) is 13.8 Å². The molecular formula is C16H21ClN2O3. The first-order valence-electron chi connectivity index (χ1n) is 7.10. The van der Waals surface area contributed by atoms with E-state index in [4.69, 9.17) is 21.1 Å². The highest BCUT2D eigenvalue weighted by Crippen LogP contribution is 2.47. The average Bonchev–Trinajstić information content (AvgIpc) is 2.55. The van der Waals surface area contributed by atoms with Gasteiger partial charge in [0, 0.05) is 18.3 Å². The Labute approximate surface area is 135 Å². The molecule has 1 aliphatic heterocycles. The third-order valence-corrected chi connectivity index (χ3v) is 4.58. The van der Waals surface area contributed by atoms with Gasteiger partial charge in [-0.1, -0.05) is 30.7 Å². The van der Waals surface area contributed by atoms with Crippen LogP contribution in [0, 0.1) is 5.41 Å². The summed E-state index contributed by atoms with van der Waals surface area (Å²) in [6.45, 7) is 3.96. The predicted molar refractivity (Wildman–Crippen MR) is 87.5 cm³/mol. The van der Waals surface area contributed by atoms with Crippen LogP contribution in [-0.2, 0) is 9.47 Å². The van der Waals surface area contributed by atoms with E-state index in [1.54, 1.807) is 30.5 Å². The maximum absolute atomic E-state index is 11.0. The molecule has 1 aromatic rings. The van der Waals surface area contributed by atoms with Crippen molar-refractivity contribution < 1.29 is 14.6 Å². The second kappa shape index (κ2) is 6.36. The normalized spacial score (nSPS) is 29.1. The first-order valence-corrected chi connectivity index (χ1v) is 7.48. The summed E-state index contributed by atoms with van der Waals surface area (Å²) >= 11 is 5.92. The van der Waals surface area contributed by atoms with Crippen LogP contribution in [-0.4, -0.2) is 37.3 Å². The zero-order valence-electron chi connectivity index (χ0n) is 13.2. The predicted octanol–water partition coefficient (Wildman–Crippen LogP) is 3.22. The molecule has 0 bridgehead atoms. The van der Waals surface area contributed by atoms with Crippen LogP contribution in [0.4, 0.5) is 0 Å². The van der Waals surface area contributed by atoms with Crippen LogP contribution in [0.3, 0.4) is 0 Å². The summed E-state index contributed by atoms with van der Waals surface area (Å²) < 4.78 is 10.9. The first-order chi connectivity index (χ1) is 10.4. The number of rotatable bonds is 4. The van der Waals surface area contributed by atoms with E-state index in [1.165, 1.54) is 14.2 Å². The molecule has 1 heterocycles. The molecule has 120 valence electrons. The molecule has 0 aliphatic carbocycles. The third-order valence-electron chi connectivity index (χ3n) is 4.32. The highest BCUT2D eigenvalue weighted by molar-refractivity contribution is 6.30. The third kappa shape index (κ3) is 2.64. The maximum atomic E-state index is 11.0. The smallest absolute Gasteiger partial charge is 0.313 e. The van der Waals surface area contributed by atoms with Crippen molar-refractivity contribution in [3.05, 3.63) is 34.9 Å². The minimum atomic E-state index is -1.22. The van der Waals surface area contributed by atoms with Crippen molar-refractivity contribution in [3.8, 4) is 0 Å². The lowest BCUT2D eigenvalue weighted by Gasteiger charge is -2.46. The van der Waals surface area contributed by atoms with Crippen LogP contribution in [0.25, 0.3) is 0 Å². The molecule has 22 heavy (non-hydrogen) atoms. The van der Waals surface area contributed by atoms with Crippen LogP contribution in [0.5, 0.6) is 0 Å². The van der Waals surface area contributed by atoms with Gasteiger partial charge >= 0.3 is 6.02 Å². The second-order valence-electron chi connectivity index (χ2n) is 5.48. The maximum Gasteiger partial charge on any atom is 0.313 e. The van der Waals surface area contributed by atoms with Gasteiger partial charge in [-0.3, -0.25) is 0 Å². The number of benzene rings is 1. The number of amidine groups is 1. The van der Waals surface area contributed by atoms with Crippen molar-refractivity contribution in [2.24, 2.45) is 15.4 Å². The summed E-state index contributed by atoms with van der Waals surface area (Å²) in [6.07, 6.45) is 1.44. The van der Waals surface area contributed by atoms with Crippen LogP contribution in [0.2, 0.25) is 5.02 Å². The molecule has 3 unspecified atom stereocenters. The van der Waals surface area contributed by atoms with Crippen molar-refractivity contribution in [2.75, 3.05) is 14.2 Å². The Morgan fingerprint density at radius 3 is 2.41 bits per heavy atom. The molecule has 6 heteroatoms. The summed E-state index contributed by atoms with van der Waals surface area (Å²) in [5.41, 5.74) is -1.13. The quantitative estimate of drug-likeness (QED) is 0.925. The van der Waals surface area contributed by atoms with Gasteiger partial charge in [-0.25, -0.2) is 4.99 Å². The number of aliphatic hydroxyl groups is 1. The molecule has 1 aliphatic rings. The number of methoxy groups -OCH3 is 2. The minimum absolute atomic E-state index is 0.181. The Bertz CT molecular complexity index is 588. The highest BCUT2D eigenvalue weighted by Gasteiger charge is 2.55. The lowest BCUT2D eigenvalue weighted by atomic mass is 9.72. The van der Waals surface area contributed by atoms with E-state index >= 15 is 0 Å². The fourth-order valence-electron chi connectivity index (χ4n) is 2.67. The summed E-state index contributed by atoms with van der Waals surface area (Å²) in [6, 6.07) is 7.16. The van der Waals surface area contributed by atoms with Gasteiger partial charge in [0.15, 0.2) is 0 Å². The topological polar surface area (TPSA) is 63.4 Å². The lowest BCUT2D eigenvalue weighted by Crippen LogP contribution is -2.54. The van der Waals surface area contributed by atoms with Crippen LogP contribution in [0.1, 0.15) is 31.9 Å². The fourth-order valence-corrected chi connectivity index (χ4v) is 2.79. The van der Waals surface area contributed by atoms with E-state index in [2.05, 4.69) is 9.98 Å². The zero-order valence-corrected chi connectivity index (χ0v) is 14.0. The van der Waals surface area contributed by atoms with Crippen molar-refractivity contribution in [1.29, 1.82) is 0 Å². The van der Waals surface area contributed by atoms with Gasteiger partial charge in [-0.2, -0.15) is 4.99 Å². The van der Waals surface area contributed by atoms with E-state index in [0.29, 0.717) is 17.0 Å². The summed E-state index contributed by atoms with van der Waals surface area (Å²) in [5, 5.41) is 11.6. The standard InChI is InChI=1S/C16H21ClN2O3/c1-5-15(2)10-18-14(21-3)19-16(15,22-4)13(20)11-6-8-12(17)9-7-11/h6-10,13,20H,5H2,1-4H3. The van der Waals surface area contributed by atoms with Crippen LogP contribution < -0.4 is 0 Å². The van der Waals surface area contributed by atoms with Gasteiger partial charge < -0.3 is 14.6 Å². The Balaban J connectivity index is 2.54. The van der Waals surface area contributed by atoms with E-state index in [9.17, 15) is 5.11 Å². The van der Waals surface area contributed by atoms with Gasteiger partial charge in [0.05, 0.1) is 12.5 Å². The Morgan fingerprint density at radius 2 is 1.91 bits per heavy atom. The SMILES string of the molecule is CCC1(C)C=NC(OC)=NC1(OC)C(O)c1ccc(Cl)cc1. The zero-order chi connectivity index (χ0) is 16.4. The van der Waals surface area contributed by atoms with Crippen LogP contribution in [0.15, 0.2) is 34.3 Å². The van der Waals surface area contributed by atoms with Crippen LogP contribution >= 0.6 is 11.6 Å². The molecule has 0 saturated heterocycles. The number of ether oxygens (including phenoxy) is 2. The molecule has 0 saturated carbocycles. The van der Waals surface area contributed by atoms with Gasteiger partial charge in [0.25, 0.3) is 0 Å². The van der Waals surface area contributed by atoms with Crippen molar-refractivity contribution >= 4 is 23.8 Å². The molecule has 5 nitrogen and oxygen atoms in total. The molecule has 2 rings (SSSR count). The summed E-state index contributed by atoms with van der Waals surface area (Å²) in [4.78, 5) is 8.66. The summed E-state index contributed by atoms with van der Waals surface area (Å²) in [5.74, 6) is 0. The molecule has 1 N–H and O–H groups in total. The molecule has 0 fully saturated rings. The molecule has 0 aromatic heterocycles. The van der Waals surface area contributed by atoms with Gasteiger partial charge in [0.1, 0.15) is 6.10 Å². The number of hydrogen-bond acceptors (Lipinski definition) is 5. The Hall–Kier alpha value is -1.43. The fraction of sp³-hybridized carbons (Fsp3) is 0.500. The number of aliphatic hydroxyl groups excluding tert-OH is 1. The second-order valence-corrected chi connectivity index (χ2v) is 5.92. The molecule has 0 radical (unpaired) electrons.